The molecule has 0 N–H and O–H groups in total. The molecule has 0 bridgehead atoms. The zero-order valence-corrected chi connectivity index (χ0v) is 10.7. The van der Waals surface area contributed by atoms with Gasteiger partial charge in [0.1, 0.15) is 5.82 Å². The van der Waals surface area contributed by atoms with Crippen LogP contribution >= 0.6 is 0 Å². The van der Waals surface area contributed by atoms with Gasteiger partial charge in [-0.3, -0.25) is 0 Å². The van der Waals surface area contributed by atoms with Crippen molar-refractivity contribution in [2.24, 2.45) is 0 Å². The highest BCUT2D eigenvalue weighted by Gasteiger charge is 1.99. The molecule has 0 amide bonds. The third-order valence-electron chi connectivity index (χ3n) is 2.51. The lowest BCUT2D eigenvalue weighted by Crippen LogP contribution is -1.83. The van der Waals surface area contributed by atoms with Gasteiger partial charge in [0.05, 0.1) is 0 Å². The van der Waals surface area contributed by atoms with Crippen molar-refractivity contribution < 1.29 is 13.2 Å². The Labute approximate surface area is 111 Å². The van der Waals surface area contributed by atoms with Crippen LogP contribution in [0.3, 0.4) is 0 Å². The summed E-state index contributed by atoms with van der Waals surface area (Å²) >= 11 is 0. The smallest absolute Gasteiger partial charge is 0.161 e. The van der Waals surface area contributed by atoms with E-state index in [1.807, 2.05) is 6.08 Å². The number of benzene rings is 2. The zero-order valence-electron chi connectivity index (χ0n) is 10.7. The zero-order chi connectivity index (χ0) is 14.3. The predicted molar refractivity (Wildman–Crippen MR) is 72.2 cm³/mol. The topological polar surface area (TPSA) is 0 Å². The molecule has 2 rings (SSSR count). The van der Waals surface area contributed by atoms with E-state index >= 15 is 0 Å². The fourth-order valence-electron chi connectivity index (χ4n) is 1.36. The van der Waals surface area contributed by atoms with Crippen LogP contribution < -0.4 is 0 Å². The maximum Gasteiger partial charge on any atom is 0.161 e. The van der Waals surface area contributed by atoms with Crippen LogP contribution in [0.1, 0.15) is 18.1 Å². The van der Waals surface area contributed by atoms with Crippen LogP contribution in [0.15, 0.2) is 49.0 Å². The minimum absolute atomic E-state index is 0.495. The van der Waals surface area contributed by atoms with Crippen molar-refractivity contribution in [3.05, 3.63) is 77.6 Å². The van der Waals surface area contributed by atoms with Gasteiger partial charge in [0.25, 0.3) is 0 Å². The minimum atomic E-state index is -1.16. The minimum Gasteiger partial charge on any atom is -0.207 e. The molecule has 0 aliphatic carbocycles. The Bertz CT molecular complexity index is 530. The summed E-state index contributed by atoms with van der Waals surface area (Å²) in [5, 5.41) is 0. The second-order valence-electron chi connectivity index (χ2n) is 3.86. The van der Waals surface area contributed by atoms with Gasteiger partial charge in [-0.15, -0.1) is 0 Å². The Hall–Kier alpha value is -2.03. The fourth-order valence-corrected chi connectivity index (χ4v) is 1.36. The molecule has 100 valence electrons. The van der Waals surface area contributed by atoms with E-state index in [0.29, 0.717) is 6.07 Å². The molecule has 0 unspecified atom stereocenters. The first-order valence-electron chi connectivity index (χ1n) is 5.88. The summed E-state index contributed by atoms with van der Waals surface area (Å²) in [5.41, 5.74) is 2.57. The molecule has 3 heteroatoms. The van der Waals surface area contributed by atoms with Crippen molar-refractivity contribution in [1.82, 2.24) is 0 Å². The first-order valence-corrected chi connectivity index (χ1v) is 5.88. The highest BCUT2D eigenvalue weighted by atomic mass is 19.2. The van der Waals surface area contributed by atoms with Crippen molar-refractivity contribution in [2.75, 3.05) is 0 Å². The van der Waals surface area contributed by atoms with Crippen LogP contribution in [0.2, 0.25) is 0 Å². The normalized spacial score (nSPS) is 9.47. The maximum atomic E-state index is 12.0. The molecule has 0 aromatic heterocycles. The molecule has 0 aliphatic rings. The molecule has 0 atom stereocenters. The van der Waals surface area contributed by atoms with E-state index in [-0.39, 0.29) is 0 Å². The summed E-state index contributed by atoms with van der Waals surface area (Å²) in [4.78, 5) is 0. The number of halogens is 3. The van der Waals surface area contributed by atoms with Gasteiger partial charge >= 0.3 is 0 Å². The Morgan fingerprint density at radius 3 is 2.00 bits per heavy atom. The largest absolute Gasteiger partial charge is 0.207 e. The first kappa shape index (κ1) is 15.0. The molecule has 2 aromatic rings. The summed E-state index contributed by atoms with van der Waals surface area (Å²) in [7, 11) is 0. The number of hydrogen-bond acceptors (Lipinski definition) is 0. The molecule has 0 heterocycles. The van der Waals surface area contributed by atoms with Gasteiger partial charge in [-0.25, -0.2) is 13.2 Å². The van der Waals surface area contributed by atoms with Gasteiger partial charge in [0, 0.05) is 6.07 Å². The lowest BCUT2D eigenvalue weighted by molar-refractivity contribution is 0.495. The standard InChI is InChI=1S/C10H12.C6H3F3/c1-3-9-5-7-10(4-2)8-6-9;7-4-1-2-5(8)6(9)3-4/h3,5-8H,1,4H2,2H3;1-3H. The van der Waals surface area contributed by atoms with Gasteiger partial charge in [0.2, 0.25) is 0 Å². The number of aryl methyl sites for hydroxylation is 1. The molecule has 2 aromatic carbocycles. The molecule has 0 saturated carbocycles. The van der Waals surface area contributed by atoms with Gasteiger partial charge in [-0.1, -0.05) is 43.8 Å². The van der Waals surface area contributed by atoms with Crippen molar-refractivity contribution in [3.63, 3.8) is 0 Å². The van der Waals surface area contributed by atoms with E-state index in [1.54, 1.807) is 0 Å². The Morgan fingerprint density at radius 2 is 1.58 bits per heavy atom. The van der Waals surface area contributed by atoms with Crippen LogP contribution in [-0.2, 0) is 6.42 Å². The Kier molecular flexibility index (Phi) is 5.86. The van der Waals surface area contributed by atoms with Crippen LogP contribution in [0.5, 0.6) is 0 Å². The number of hydrogen-bond donors (Lipinski definition) is 0. The van der Waals surface area contributed by atoms with E-state index in [0.717, 1.165) is 18.6 Å². The van der Waals surface area contributed by atoms with E-state index in [1.165, 1.54) is 11.1 Å². The van der Waals surface area contributed by atoms with Crippen molar-refractivity contribution >= 4 is 6.08 Å². The van der Waals surface area contributed by atoms with Crippen LogP contribution in [-0.4, -0.2) is 0 Å². The molecule has 0 spiro atoms. The third-order valence-corrected chi connectivity index (χ3v) is 2.51. The molecule has 0 saturated heterocycles. The summed E-state index contributed by atoms with van der Waals surface area (Å²) < 4.78 is 35.9. The molecule has 0 fully saturated rings. The molecule has 0 radical (unpaired) electrons. The predicted octanol–water partition coefficient (Wildman–Crippen LogP) is 5.00. The van der Waals surface area contributed by atoms with E-state index < -0.39 is 17.5 Å². The Morgan fingerprint density at radius 1 is 0.947 bits per heavy atom. The van der Waals surface area contributed by atoms with Crippen LogP contribution in [0, 0.1) is 17.5 Å². The molecule has 0 aliphatic heterocycles. The van der Waals surface area contributed by atoms with Crippen molar-refractivity contribution in [2.45, 2.75) is 13.3 Å². The average Bonchev–Trinajstić information content (AvgIpc) is 2.44. The van der Waals surface area contributed by atoms with Crippen molar-refractivity contribution in [3.8, 4) is 0 Å². The lowest BCUT2D eigenvalue weighted by Gasteiger charge is -1.95. The van der Waals surface area contributed by atoms with Crippen LogP contribution in [0.25, 0.3) is 6.08 Å². The van der Waals surface area contributed by atoms with Crippen LogP contribution in [0.4, 0.5) is 13.2 Å². The highest BCUT2D eigenvalue weighted by molar-refractivity contribution is 5.47. The Balaban J connectivity index is 0.000000191. The quantitative estimate of drug-likeness (QED) is 0.670. The number of rotatable bonds is 2. The third kappa shape index (κ3) is 5.00. The average molecular weight is 264 g/mol. The molecule has 19 heavy (non-hydrogen) atoms. The molecule has 0 nitrogen and oxygen atoms in total. The monoisotopic (exact) mass is 264 g/mol. The fraction of sp³-hybridized carbons (Fsp3) is 0.125. The molecular formula is C16H15F3. The second-order valence-corrected chi connectivity index (χ2v) is 3.86. The van der Waals surface area contributed by atoms with Crippen molar-refractivity contribution in [1.29, 1.82) is 0 Å². The van der Waals surface area contributed by atoms with E-state index in [9.17, 15) is 13.2 Å². The summed E-state index contributed by atoms with van der Waals surface area (Å²) in [6.45, 7) is 5.84. The first-order chi connectivity index (χ1) is 9.06. The van der Waals surface area contributed by atoms with Gasteiger partial charge in [-0.05, 0) is 29.7 Å². The second kappa shape index (κ2) is 7.41. The van der Waals surface area contributed by atoms with Gasteiger partial charge in [0.15, 0.2) is 11.6 Å². The van der Waals surface area contributed by atoms with E-state index in [2.05, 4.69) is 37.8 Å². The highest BCUT2D eigenvalue weighted by Crippen LogP contribution is 2.06. The summed E-state index contributed by atoms with van der Waals surface area (Å²) in [6, 6.07) is 10.5. The van der Waals surface area contributed by atoms with Gasteiger partial charge in [-0.2, -0.15) is 0 Å². The molecular weight excluding hydrogens is 249 g/mol. The summed E-state index contributed by atoms with van der Waals surface area (Å²) in [5.74, 6) is -2.96. The summed E-state index contributed by atoms with van der Waals surface area (Å²) in [6.07, 6.45) is 2.97. The van der Waals surface area contributed by atoms with E-state index in [4.69, 9.17) is 0 Å². The SMILES string of the molecule is C=Cc1ccc(CC)cc1.Fc1ccc(F)c(F)c1. The van der Waals surface area contributed by atoms with Gasteiger partial charge < -0.3 is 0 Å². The lowest BCUT2D eigenvalue weighted by atomic mass is 10.1. The maximum absolute atomic E-state index is 12.0.